The number of hydrogen-bond acceptors (Lipinski definition) is 5. The molecule has 1 heterocycles. The smallest absolute Gasteiger partial charge is 0.269 e. The Labute approximate surface area is 128 Å². The quantitative estimate of drug-likeness (QED) is 0.366. The van der Waals surface area contributed by atoms with Crippen LogP contribution in [-0.2, 0) is 0 Å². The van der Waals surface area contributed by atoms with Crippen molar-refractivity contribution in [3.8, 4) is 11.5 Å². The van der Waals surface area contributed by atoms with Crippen molar-refractivity contribution in [2.45, 2.75) is 6.92 Å². The first kappa shape index (κ1) is 15.4. The van der Waals surface area contributed by atoms with E-state index in [1.165, 1.54) is 12.1 Å². The summed E-state index contributed by atoms with van der Waals surface area (Å²) >= 11 is 0. The van der Waals surface area contributed by atoms with E-state index in [1.807, 2.05) is 14.1 Å². The van der Waals surface area contributed by atoms with E-state index in [-0.39, 0.29) is 5.69 Å². The first-order valence-electron chi connectivity index (χ1n) is 6.55. The molecule has 0 saturated carbocycles. The Bertz CT molecular complexity index is 714. The molecule has 0 spiro atoms. The number of ether oxygens (including phenoxy) is 1. The van der Waals surface area contributed by atoms with Gasteiger partial charge in [0.25, 0.3) is 5.69 Å². The molecule has 2 aromatic rings. The van der Waals surface area contributed by atoms with Crippen molar-refractivity contribution >= 4 is 17.8 Å². The van der Waals surface area contributed by atoms with Crippen molar-refractivity contribution in [2.75, 3.05) is 14.1 Å². The van der Waals surface area contributed by atoms with Gasteiger partial charge < -0.3 is 9.64 Å². The van der Waals surface area contributed by atoms with Gasteiger partial charge in [-0.2, -0.15) is 0 Å². The molecule has 0 saturated heterocycles. The van der Waals surface area contributed by atoms with Crippen molar-refractivity contribution in [1.29, 1.82) is 0 Å². The van der Waals surface area contributed by atoms with Crippen LogP contribution in [0.15, 0.2) is 41.5 Å². The van der Waals surface area contributed by atoms with Gasteiger partial charge in [-0.3, -0.25) is 10.1 Å². The van der Waals surface area contributed by atoms with Crippen molar-refractivity contribution < 1.29 is 9.66 Å². The van der Waals surface area contributed by atoms with E-state index in [1.54, 1.807) is 42.6 Å². The standard InChI is InChI=1S/C15H16N4O3/c1-11-8-12(19(20)21)4-5-14(11)22-13-6-7-16-15(9-13)17-10-18(2)3/h4-10H,1-3H3/b17-10+. The summed E-state index contributed by atoms with van der Waals surface area (Å²) in [6, 6.07) is 7.86. The van der Waals surface area contributed by atoms with E-state index in [4.69, 9.17) is 4.74 Å². The SMILES string of the molecule is Cc1cc([N+](=O)[O-])ccc1Oc1ccnc(/N=C/N(C)C)c1. The molecule has 7 nitrogen and oxygen atoms in total. The summed E-state index contributed by atoms with van der Waals surface area (Å²) in [4.78, 5) is 20.4. The maximum atomic E-state index is 10.7. The van der Waals surface area contributed by atoms with E-state index in [0.717, 1.165) is 0 Å². The zero-order valence-corrected chi connectivity index (χ0v) is 12.6. The number of non-ortho nitro benzene ring substituents is 1. The molecule has 0 amide bonds. The van der Waals surface area contributed by atoms with Gasteiger partial charge in [0.05, 0.1) is 11.3 Å². The summed E-state index contributed by atoms with van der Waals surface area (Å²) in [5, 5.41) is 10.7. The first-order chi connectivity index (χ1) is 10.5. The van der Waals surface area contributed by atoms with Gasteiger partial charge >= 0.3 is 0 Å². The molecule has 1 aromatic heterocycles. The van der Waals surface area contributed by atoms with Crippen molar-refractivity contribution in [3.05, 3.63) is 52.2 Å². The van der Waals surface area contributed by atoms with Gasteiger partial charge in [-0.05, 0) is 24.6 Å². The second-order valence-corrected chi connectivity index (χ2v) is 4.87. The minimum absolute atomic E-state index is 0.0378. The Kier molecular flexibility index (Phi) is 4.67. The summed E-state index contributed by atoms with van der Waals surface area (Å²) in [6.07, 6.45) is 3.24. The maximum absolute atomic E-state index is 10.7. The summed E-state index contributed by atoms with van der Waals surface area (Å²) in [5.74, 6) is 1.64. The Morgan fingerprint density at radius 2 is 2.09 bits per heavy atom. The number of nitro benzene ring substituents is 1. The minimum atomic E-state index is -0.433. The average Bonchev–Trinajstić information content (AvgIpc) is 2.47. The third-order valence-electron chi connectivity index (χ3n) is 2.74. The maximum Gasteiger partial charge on any atom is 0.269 e. The predicted molar refractivity (Wildman–Crippen MR) is 84.0 cm³/mol. The molecule has 7 heteroatoms. The van der Waals surface area contributed by atoms with E-state index in [9.17, 15) is 10.1 Å². The summed E-state index contributed by atoms with van der Waals surface area (Å²) < 4.78 is 5.74. The summed E-state index contributed by atoms with van der Waals surface area (Å²) in [6.45, 7) is 1.76. The molecule has 0 unspecified atom stereocenters. The summed E-state index contributed by atoms with van der Waals surface area (Å²) in [5.41, 5.74) is 0.722. The lowest BCUT2D eigenvalue weighted by atomic mass is 10.2. The topological polar surface area (TPSA) is 80.9 Å². The Balaban J connectivity index is 2.20. The molecule has 0 radical (unpaired) electrons. The van der Waals surface area contributed by atoms with E-state index in [2.05, 4.69) is 9.98 Å². The van der Waals surface area contributed by atoms with Crippen molar-refractivity contribution in [3.63, 3.8) is 0 Å². The minimum Gasteiger partial charge on any atom is -0.457 e. The highest BCUT2D eigenvalue weighted by molar-refractivity contribution is 5.59. The predicted octanol–water partition coefficient (Wildman–Crippen LogP) is 3.31. The fourth-order valence-corrected chi connectivity index (χ4v) is 1.70. The van der Waals surface area contributed by atoms with Crippen LogP contribution >= 0.6 is 0 Å². The van der Waals surface area contributed by atoms with Crippen LogP contribution in [0.1, 0.15) is 5.56 Å². The number of aryl methyl sites for hydroxylation is 1. The molecule has 0 aliphatic carbocycles. The normalized spacial score (nSPS) is 10.7. The molecule has 0 atom stereocenters. The molecule has 0 fully saturated rings. The Morgan fingerprint density at radius 1 is 1.32 bits per heavy atom. The Morgan fingerprint density at radius 3 is 2.73 bits per heavy atom. The van der Waals surface area contributed by atoms with E-state index < -0.39 is 4.92 Å². The molecule has 0 N–H and O–H groups in total. The van der Waals surface area contributed by atoms with Crippen LogP contribution in [0.5, 0.6) is 11.5 Å². The van der Waals surface area contributed by atoms with Gasteiger partial charge in [0.2, 0.25) is 0 Å². The second kappa shape index (κ2) is 6.66. The number of nitrogens with zero attached hydrogens (tertiary/aromatic N) is 4. The van der Waals surface area contributed by atoms with Gasteiger partial charge in [0.1, 0.15) is 11.5 Å². The fourth-order valence-electron chi connectivity index (χ4n) is 1.70. The van der Waals surface area contributed by atoms with Crippen LogP contribution in [0.2, 0.25) is 0 Å². The van der Waals surface area contributed by atoms with Gasteiger partial charge in [0.15, 0.2) is 5.82 Å². The highest BCUT2D eigenvalue weighted by Crippen LogP contribution is 2.29. The van der Waals surface area contributed by atoms with Crippen LogP contribution in [-0.4, -0.2) is 35.2 Å². The number of aromatic nitrogens is 1. The lowest BCUT2D eigenvalue weighted by Gasteiger charge is -2.09. The molecule has 0 bridgehead atoms. The zero-order valence-electron chi connectivity index (χ0n) is 12.6. The molecule has 1 aromatic carbocycles. The number of hydrogen-bond donors (Lipinski definition) is 0. The zero-order chi connectivity index (χ0) is 16.1. The van der Waals surface area contributed by atoms with Gasteiger partial charge in [-0.1, -0.05) is 0 Å². The van der Waals surface area contributed by atoms with Crippen LogP contribution < -0.4 is 4.74 Å². The molecular weight excluding hydrogens is 284 g/mol. The van der Waals surface area contributed by atoms with Gasteiger partial charge in [-0.15, -0.1) is 0 Å². The van der Waals surface area contributed by atoms with Crippen LogP contribution in [0.25, 0.3) is 0 Å². The first-order valence-corrected chi connectivity index (χ1v) is 6.55. The van der Waals surface area contributed by atoms with Crippen molar-refractivity contribution in [2.24, 2.45) is 4.99 Å². The highest BCUT2D eigenvalue weighted by Gasteiger charge is 2.09. The molecule has 2 rings (SSSR count). The lowest BCUT2D eigenvalue weighted by Crippen LogP contribution is -2.07. The van der Waals surface area contributed by atoms with Crippen LogP contribution in [0.3, 0.4) is 0 Å². The number of aliphatic imine (C=N–C) groups is 1. The lowest BCUT2D eigenvalue weighted by molar-refractivity contribution is -0.384. The molecule has 0 aliphatic heterocycles. The van der Waals surface area contributed by atoms with Crippen LogP contribution in [0, 0.1) is 17.0 Å². The molecule has 0 aliphatic rings. The number of pyridine rings is 1. The second-order valence-electron chi connectivity index (χ2n) is 4.87. The fraction of sp³-hybridized carbons (Fsp3) is 0.200. The number of nitro groups is 1. The molecule has 114 valence electrons. The van der Waals surface area contributed by atoms with Gasteiger partial charge in [-0.25, -0.2) is 9.98 Å². The largest absolute Gasteiger partial charge is 0.457 e. The van der Waals surface area contributed by atoms with Crippen LogP contribution in [0.4, 0.5) is 11.5 Å². The third-order valence-corrected chi connectivity index (χ3v) is 2.74. The van der Waals surface area contributed by atoms with E-state index >= 15 is 0 Å². The van der Waals surface area contributed by atoms with E-state index in [0.29, 0.717) is 22.9 Å². The molecular formula is C15H16N4O3. The summed E-state index contributed by atoms with van der Waals surface area (Å²) in [7, 11) is 3.73. The molecule has 22 heavy (non-hydrogen) atoms. The van der Waals surface area contributed by atoms with Crippen molar-refractivity contribution in [1.82, 2.24) is 9.88 Å². The highest BCUT2D eigenvalue weighted by atomic mass is 16.6. The number of rotatable bonds is 5. The monoisotopic (exact) mass is 300 g/mol. The van der Waals surface area contributed by atoms with Gasteiger partial charge in [0, 0.05) is 38.5 Å². The Hall–Kier alpha value is -2.96. The average molecular weight is 300 g/mol. The third kappa shape index (κ3) is 4.02. The number of benzene rings is 1.